The molecule has 1 aromatic heterocycles. The summed E-state index contributed by atoms with van der Waals surface area (Å²) in [6.07, 6.45) is 0.799. The largest absolute Gasteiger partial charge is 0.389 e. The van der Waals surface area contributed by atoms with Crippen molar-refractivity contribution >= 4 is 0 Å². The van der Waals surface area contributed by atoms with E-state index in [1.54, 1.807) is 0 Å². The third-order valence-corrected chi connectivity index (χ3v) is 3.03. The molecule has 1 aliphatic rings. The average Bonchev–Trinajstić information content (AvgIpc) is 2.72. The molecule has 1 aromatic rings. The molecular weight excluding hydrogens is 218 g/mol. The molecule has 1 atom stereocenters. The predicted molar refractivity (Wildman–Crippen MR) is 63.5 cm³/mol. The second kappa shape index (κ2) is 4.07. The fourth-order valence-corrected chi connectivity index (χ4v) is 1.99. The van der Waals surface area contributed by atoms with Gasteiger partial charge in [-0.3, -0.25) is 4.90 Å². The predicted octanol–water partition coefficient (Wildman–Crippen LogP) is 1.32. The van der Waals surface area contributed by atoms with Crippen molar-refractivity contribution in [2.45, 2.75) is 51.7 Å². The number of likely N-dealkylation sites (tertiary alicyclic amines) is 1. The van der Waals surface area contributed by atoms with E-state index in [0.29, 0.717) is 19.0 Å². The highest BCUT2D eigenvalue weighted by Crippen LogP contribution is 2.23. The first kappa shape index (κ1) is 12.5. The summed E-state index contributed by atoms with van der Waals surface area (Å²) < 4.78 is 5.24. The van der Waals surface area contributed by atoms with Gasteiger partial charge in [0.2, 0.25) is 5.89 Å². The lowest BCUT2D eigenvalue weighted by Gasteiger charge is -2.16. The van der Waals surface area contributed by atoms with E-state index in [9.17, 15) is 5.11 Å². The zero-order valence-electron chi connectivity index (χ0n) is 11.0. The first-order valence-corrected chi connectivity index (χ1v) is 6.04. The summed E-state index contributed by atoms with van der Waals surface area (Å²) in [5.74, 6) is 1.37. The molecule has 5 heteroatoms. The summed E-state index contributed by atoms with van der Waals surface area (Å²) >= 11 is 0. The van der Waals surface area contributed by atoms with Crippen molar-refractivity contribution in [1.29, 1.82) is 0 Å². The molecule has 1 aliphatic heterocycles. The first-order valence-electron chi connectivity index (χ1n) is 6.04. The number of aromatic nitrogens is 2. The van der Waals surface area contributed by atoms with E-state index >= 15 is 0 Å². The molecule has 1 saturated heterocycles. The Labute approximate surface area is 102 Å². The highest BCUT2D eigenvalue weighted by molar-refractivity contribution is 5.00. The Morgan fingerprint density at radius 3 is 2.65 bits per heavy atom. The van der Waals surface area contributed by atoms with Crippen LogP contribution in [0.4, 0.5) is 0 Å². The van der Waals surface area contributed by atoms with Gasteiger partial charge in [-0.2, -0.15) is 4.98 Å². The molecule has 5 nitrogen and oxygen atoms in total. The van der Waals surface area contributed by atoms with Crippen LogP contribution in [-0.2, 0) is 12.0 Å². The molecule has 0 saturated carbocycles. The van der Waals surface area contributed by atoms with Crippen molar-refractivity contribution in [3.8, 4) is 0 Å². The van der Waals surface area contributed by atoms with Crippen molar-refractivity contribution in [3.05, 3.63) is 11.7 Å². The van der Waals surface area contributed by atoms with Crippen LogP contribution in [0, 0.1) is 0 Å². The van der Waals surface area contributed by atoms with E-state index in [0.717, 1.165) is 18.8 Å². The zero-order chi connectivity index (χ0) is 12.7. The molecule has 0 amide bonds. The van der Waals surface area contributed by atoms with Crippen LogP contribution in [0.3, 0.4) is 0 Å². The lowest BCUT2D eigenvalue weighted by atomic mass is 9.96. The molecule has 96 valence electrons. The molecule has 0 aliphatic carbocycles. The number of hydrogen-bond acceptors (Lipinski definition) is 5. The van der Waals surface area contributed by atoms with Gasteiger partial charge in [-0.15, -0.1) is 0 Å². The van der Waals surface area contributed by atoms with Gasteiger partial charge in [0.25, 0.3) is 0 Å². The van der Waals surface area contributed by atoms with Crippen LogP contribution in [0.2, 0.25) is 0 Å². The van der Waals surface area contributed by atoms with Crippen LogP contribution in [0.15, 0.2) is 4.52 Å². The Kier molecular flexibility index (Phi) is 2.99. The molecular formula is C12H21N3O2. The van der Waals surface area contributed by atoms with E-state index in [1.165, 1.54) is 0 Å². The topological polar surface area (TPSA) is 62.4 Å². The highest BCUT2D eigenvalue weighted by atomic mass is 16.5. The minimum Gasteiger partial charge on any atom is -0.389 e. The molecule has 0 radical (unpaired) electrons. The van der Waals surface area contributed by atoms with Gasteiger partial charge in [0.05, 0.1) is 12.1 Å². The maximum Gasteiger partial charge on any atom is 0.240 e. The summed E-state index contributed by atoms with van der Waals surface area (Å²) in [6, 6.07) is 0. The van der Waals surface area contributed by atoms with Crippen molar-refractivity contribution in [3.63, 3.8) is 0 Å². The quantitative estimate of drug-likeness (QED) is 0.843. The van der Waals surface area contributed by atoms with Gasteiger partial charge < -0.3 is 9.63 Å². The van der Waals surface area contributed by atoms with Crippen molar-refractivity contribution < 1.29 is 9.63 Å². The molecule has 0 spiro atoms. The van der Waals surface area contributed by atoms with Crippen LogP contribution in [0.1, 0.15) is 45.8 Å². The van der Waals surface area contributed by atoms with Gasteiger partial charge in [0.1, 0.15) is 0 Å². The standard InChI is InChI=1S/C12H21N3O2/c1-11(2,3)10-13-9(17-14-10)7-15-6-5-12(4,16)8-15/h16H,5-8H2,1-4H3. The number of hydrogen-bond donors (Lipinski definition) is 1. The summed E-state index contributed by atoms with van der Waals surface area (Å²) in [5.41, 5.74) is -0.662. The fraction of sp³-hybridized carbons (Fsp3) is 0.833. The number of nitrogens with zero attached hydrogens (tertiary/aromatic N) is 3. The lowest BCUT2D eigenvalue weighted by molar-refractivity contribution is 0.0665. The molecule has 0 bridgehead atoms. The third-order valence-electron chi connectivity index (χ3n) is 3.03. The Morgan fingerprint density at radius 1 is 1.47 bits per heavy atom. The molecule has 2 rings (SSSR count). The van der Waals surface area contributed by atoms with E-state index < -0.39 is 5.60 Å². The SMILES string of the molecule is CC1(O)CCN(Cc2nc(C(C)(C)C)no2)C1. The Hall–Kier alpha value is -0.940. The normalized spacial score (nSPS) is 26.6. The van der Waals surface area contributed by atoms with Gasteiger partial charge in [-0.25, -0.2) is 0 Å². The van der Waals surface area contributed by atoms with Crippen molar-refractivity contribution in [2.75, 3.05) is 13.1 Å². The van der Waals surface area contributed by atoms with Crippen LogP contribution < -0.4 is 0 Å². The minimum atomic E-state index is -0.577. The summed E-state index contributed by atoms with van der Waals surface area (Å²) in [6.45, 7) is 10.2. The van der Waals surface area contributed by atoms with Gasteiger partial charge in [-0.1, -0.05) is 25.9 Å². The van der Waals surface area contributed by atoms with Gasteiger partial charge in [0.15, 0.2) is 5.82 Å². The number of aliphatic hydroxyl groups is 1. The zero-order valence-corrected chi connectivity index (χ0v) is 11.0. The minimum absolute atomic E-state index is 0.0851. The van der Waals surface area contributed by atoms with Crippen molar-refractivity contribution in [2.24, 2.45) is 0 Å². The van der Waals surface area contributed by atoms with Gasteiger partial charge in [0, 0.05) is 18.5 Å². The van der Waals surface area contributed by atoms with E-state index in [-0.39, 0.29) is 5.41 Å². The second-order valence-corrected chi connectivity index (χ2v) is 6.22. The maximum atomic E-state index is 9.87. The van der Waals surface area contributed by atoms with E-state index in [2.05, 4.69) is 35.8 Å². The van der Waals surface area contributed by atoms with Crippen LogP contribution >= 0.6 is 0 Å². The monoisotopic (exact) mass is 239 g/mol. The van der Waals surface area contributed by atoms with Crippen LogP contribution in [0.5, 0.6) is 0 Å². The van der Waals surface area contributed by atoms with Gasteiger partial charge >= 0.3 is 0 Å². The molecule has 1 N–H and O–H groups in total. The second-order valence-electron chi connectivity index (χ2n) is 6.22. The summed E-state index contributed by atoms with van der Waals surface area (Å²) in [7, 11) is 0. The fourth-order valence-electron chi connectivity index (χ4n) is 1.99. The molecule has 0 aromatic carbocycles. The molecule has 2 heterocycles. The van der Waals surface area contributed by atoms with Crippen molar-refractivity contribution in [1.82, 2.24) is 15.0 Å². The van der Waals surface area contributed by atoms with Gasteiger partial charge in [-0.05, 0) is 13.3 Å². The Morgan fingerprint density at radius 2 is 2.18 bits per heavy atom. The summed E-state index contributed by atoms with van der Waals surface area (Å²) in [5, 5.41) is 13.9. The maximum absolute atomic E-state index is 9.87. The Bertz CT molecular complexity index is 393. The average molecular weight is 239 g/mol. The van der Waals surface area contributed by atoms with E-state index in [4.69, 9.17) is 4.52 Å². The first-order chi connectivity index (χ1) is 7.76. The third kappa shape index (κ3) is 3.04. The molecule has 1 unspecified atom stereocenters. The summed E-state index contributed by atoms with van der Waals surface area (Å²) in [4.78, 5) is 6.53. The molecule has 17 heavy (non-hydrogen) atoms. The number of rotatable bonds is 2. The van der Waals surface area contributed by atoms with E-state index in [1.807, 2.05) is 6.92 Å². The van der Waals surface area contributed by atoms with Crippen LogP contribution in [0.25, 0.3) is 0 Å². The smallest absolute Gasteiger partial charge is 0.240 e. The Balaban J connectivity index is 1.99. The van der Waals surface area contributed by atoms with Crippen LogP contribution in [-0.4, -0.2) is 38.8 Å². The lowest BCUT2D eigenvalue weighted by Crippen LogP contribution is -2.29. The highest BCUT2D eigenvalue weighted by Gasteiger charge is 2.32. The number of β-amino-alcohol motifs (C(OH)–C–C–N with tert-alkyl or cyclic N) is 1. The molecule has 1 fully saturated rings.